The summed E-state index contributed by atoms with van der Waals surface area (Å²) in [5.74, 6) is 0.465. The van der Waals surface area contributed by atoms with Gasteiger partial charge in [0.05, 0.1) is 18.8 Å². The molecule has 0 saturated heterocycles. The Labute approximate surface area is 120 Å². The minimum Gasteiger partial charge on any atom is -0.494 e. The second-order valence-corrected chi connectivity index (χ2v) is 4.65. The van der Waals surface area contributed by atoms with E-state index in [0.29, 0.717) is 18.8 Å². The molecule has 20 heavy (non-hydrogen) atoms. The zero-order chi connectivity index (χ0) is 14.6. The summed E-state index contributed by atoms with van der Waals surface area (Å²) >= 11 is 0. The molecule has 112 valence electrons. The Morgan fingerprint density at radius 2 is 1.80 bits per heavy atom. The topological polar surface area (TPSA) is 55.8 Å². The second kappa shape index (κ2) is 10.3. The molecule has 0 atom stereocenters. The van der Waals surface area contributed by atoms with Gasteiger partial charge < -0.3 is 14.6 Å². The average molecular weight is 280 g/mol. The van der Waals surface area contributed by atoms with E-state index in [2.05, 4.69) is 6.92 Å². The van der Waals surface area contributed by atoms with Crippen LogP contribution >= 0.6 is 0 Å². The van der Waals surface area contributed by atoms with Crippen LogP contribution in [0, 0.1) is 0 Å². The Balaban J connectivity index is 2.30. The van der Waals surface area contributed by atoms with Crippen molar-refractivity contribution in [3.8, 4) is 5.75 Å². The van der Waals surface area contributed by atoms with Crippen molar-refractivity contribution in [2.45, 2.75) is 39.0 Å². The first-order valence-electron chi connectivity index (χ1n) is 7.28. The maximum Gasteiger partial charge on any atom is 0.338 e. The average Bonchev–Trinajstić information content (AvgIpc) is 2.48. The van der Waals surface area contributed by atoms with Gasteiger partial charge in [-0.25, -0.2) is 4.79 Å². The Bertz CT molecular complexity index is 373. The fourth-order valence-corrected chi connectivity index (χ4v) is 1.66. The molecule has 0 unspecified atom stereocenters. The van der Waals surface area contributed by atoms with Gasteiger partial charge in [-0.05, 0) is 49.9 Å². The zero-order valence-corrected chi connectivity index (χ0v) is 12.1. The molecule has 1 rings (SSSR count). The van der Waals surface area contributed by atoms with Gasteiger partial charge in [0.25, 0.3) is 0 Å². The lowest BCUT2D eigenvalue weighted by molar-refractivity contribution is 0.0496. The van der Waals surface area contributed by atoms with Gasteiger partial charge in [0.1, 0.15) is 5.75 Å². The summed E-state index contributed by atoms with van der Waals surface area (Å²) in [5.41, 5.74) is 0.537. The molecule has 0 saturated carbocycles. The van der Waals surface area contributed by atoms with Gasteiger partial charge in [0.15, 0.2) is 0 Å². The maximum absolute atomic E-state index is 11.7. The van der Waals surface area contributed by atoms with Crippen LogP contribution in [-0.2, 0) is 4.74 Å². The summed E-state index contributed by atoms with van der Waals surface area (Å²) < 4.78 is 10.7. The Morgan fingerprint density at radius 3 is 2.45 bits per heavy atom. The van der Waals surface area contributed by atoms with Crippen LogP contribution in [0.4, 0.5) is 0 Å². The van der Waals surface area contributed by atoms with E-state index in [1.807, 2.05) is 0 Å². The number of benzene rings is 1. The van der Waals surface area contributed by atoms with E-state index in [9.17, 15) is 4.79 Å². The molecule has 1 aromatic rings. The molecule has 0 radical (unpaired) electrons. The van der Waals surface area contributed by atoms with Crippen molar-refractivity contribution in [2.75, 3.05) is 19.8 Å². The lowest BCUT2D eigenvalue weighted by Gasteiger charge is -2.07. The van der Waals surface area contributed by atoms with E-state index in [1.54, 1.807) is 24.3 Å². The van der Waals surface area contributed by atoms with Crippen LogP contribution in [0.1, 0.15) is 49.4 Å². The highest BCUT2D eigenvalue weighted by Crippen LogP contribution is 2.13. The number of ether oxygens (including phenoxy) is 2. The normalized spacial score (nSPS) is 10.3. The number of carbonyl (C=O) groups is 1. The third-order valence-electron chi connectivity index (χ3n) is 2.89. The fraction of sp³-hybridized carbons (Fsp3) is 0.562. The molecule has 0 aliphatic carbocycles. The third-order valence-corrected chi connectivity index (χ3v) is 2.89. The zero-order valence-electron chi connectivity index (χ0n) is 12.1. The van der Waals surface area contributed by atoms with Crippen LogP contribution in [0.3, 0.4) is 0 Å². The molecule has 0 bridgehead atoms. The predicted molar refractivity (Wildman–Crippen MR) is 78.1 cm³/mol. The van der Waals surface area contributed by atoms with E-state index >= 15 is 0 Å². The molecule has 1 N–H and O–H groups in total. The van der Waals surface area contributed by atoms with Gasteiger partial charge in [0.2, 0.25) is 0 Å². The number of unbranched alkanes of at least 4 members (excludes halogenated alkanes) is 3. The van der Waals surface area contributed by atoms with Gasteiger partial charge in [-0.15, -0.1) is 0 Å². The molecular weight excluding hydrogens is 256 g/mol. The number of carbonyl (C=O) groups excluding carboxylic acids is 1. The number of rotatable bonds is 10. The van der Waals surface area contributed by atoms with Crippen molar-refractivity contribution in [1.29, 1.82) is 0 Å². The molecular formula is C16H24O4. The fourth-order valence-electron chi connectivity index (χ4n) is 1.66. The SMILES string of the molecule is CCCCOc1ccc(C(=O)OCCCCCO)cc1. The predicted octanol–water partition coefficient (Wildman–Crippen LogP) is 3.18. The second-order valence-electron chi connectivity index (χ2n) is 4.65. The molecule has 0 spiro atoms. The van der Waals surface area contributed by atoms with Crippen molar-refractivity contribution in [1.82, 2.24) is 0 Å². The Hall–Kier alpha value is -1.55. The molecule has 0 aliphatic heterocycles. The summed E-state index contributed by atoms with van der Waals surface area (Å²) in [6, 6.07) is 7.02. The highest BCUT2D eigenvalue weighted by atomic mass is 16.5. The summed E-state index contributed by atoms with van der Waals surface area (Å²) in [6.45, 7) is 3.40. The molecule has 0 amide bonds. The lowest BCUT2D eigenvalue weighted by atomic mass is 10.2. The largest absolute Gasteiger partial charge is 0.494 e. The van der Waals surface area contributed by atoms with Crippen LogP contribution in [0.5, 0.6) is 5.75 Å². The lowest BCUT2D eigenvalue weighted by Crippen LogP contribution is -2.06. The van der Waals surface area contributed by atoms with Gasteiger partial charge in [0, 0.05) is 6.61 Å². The summed E-state index contributed by atoms with van der Waals surface area (Å²) in [6.07, 6.45) is 4.53. The number of esters is 1. The van der Waals surface area contributed by atoms with E-state index in [0.717, 1.165) is 37.9 Å². The van der Waals surface area contributed by atoms with Crippen LogP contribution in [-0.4, -0.2) is 30.9 Å². The Kier molecular flexibility index (Phi) is 8.47. The summed E-state index contributed by atoms with van der Waals surface area (Å²) in [4.78, 5) is 11.7. The van der Waals surface area contributed by atoms with E-state index < -0.39 is 0 Å². The molecule has 0 heterocycles. The standard InChI is InChI=1S/C16H24O4/c1-2-3-12-19-15-9-7-14(8-10-15)16(18)20-13-6-4-5-11-17/h7-10,17H,2-6,11-13H2,1H3. The van der Waals surface area contributed by atoms with Crippen molar-refractivity contribution >= 4 is 5.97 Å². The maximum atomic E-state index is 11.7. The van der Waals surface area contributed by atoms with Gasteiger partial charge >= 0.3 is 5.97 Å². The van der Waals surface area contributed by atoms with Crippen molar-refractivity contribution < 1.29 is 19.4 Å². The number of aliphatic hydroxyl groups is 1. The minimum atomic E-state index is -0.311. The first-order chi connectivity index (χ1) is 9.77. The summed E-state index contributed by atoms with van der Waals surface area (Å²) in [5, 5.41) is 8.64. The molecule has 4 nitrogen and oxygen atoms in total. The van der Waals surface area contributed by atoms with Crippen molar-refractivity contribution in [3.05, 3.63) is 29.8 Å². The molecule has 0 fully saturated rings. The Morgan fingerprint density at radius 1 is 1.05 bits per heavy atom. The highest BCUT2D eigenvalue weighted by Gasteiger charge is 2.06. The number of hydrogen-bond acceptors (Lipinski definition) is 4. The van der Waals surface area contributed by atoms with E-state index in [4.69, 9.17) is 14.6 Å². The van der Waals surface area contributed by atoms with Crippen LogP contribution < -0.4 is 4.74 Å². The number of hydrogen-bond donors (Lipinski definition) is 1. The van der Waals surface area contributed by atoms with E-state index in [-0.39, 0.29) is 12.6 Å². The molecule has 4 heteroatoms. The van der Waals surface area contributed by atoms with Gasteiger partial charge in [-0.3, -0.25) is 0 Å². The van der Waals surface area contributed by atoms with Crippen LogP contribution in [0.15, 0.2) is 24.3 Å². The molecule has 1 aromatic carbocycles. The summed E-state index contributed by atoms with van der Waals surface area (Å²) in [7, 11) is 0. The van der Waals surface area contributed by atoms with Crippen LogP contribution in [0.2, 0.25) is 0 Å². The third kappa shape index (κ3) is 6.57. The van der Waals surface area contributed by atoms with Gasteiger partial charge in [-0.1, -0.05) is 13.3 Å². The smallest absolute Gasteiger partial charge is 0.338 e. The first kappa shape index (κ1) is 16.5. The minimum absolute atomic E-state index is 0.188. The number of aliphatic hydroxyl groups excluding tert-OH is 1. The van der Waals surface area contributed by atoms with Gasteiger partial charge in [-0.2, -0.15) is 0 Å². The first-order valence-corrected chi connectivity index (χ1v) is 7.28. The van der Waals surface area contributed by atoms with Crippen molar-refractivity contribution in [3.63, 3.8) is 0 Å². The van der Waals surface area contributed by atoms with Crippen molar-refractivity contribution in [2.24, 2.45) is 0 Å². The quantitative estimate of drug-likeness (QED) is 0.528. The van der Waals surface area contributed by atoms with E-state index in [1.165, 1.54) is 0 Å². The monoisotopic (exact) mass is 280 g/mol. The highest BCUT2D eigenvalue weighted by molar-refractivity contribution is 5.89. The molecule has 0 aliphatic rings. The molecule has 0 aromatic heterocycles. The van der Waals surface area contributed by atoms with Crippen LogP contribution in [0.25, 0.3) is 0 Å².